The number of aryl methyl sites for hydroxylation is 2. The van der Waals surface area contributed by atoms with E-state index in [0.717, 1.165) is 29.7 Å². The van der Waals surface area contributed by atoms with Crippen molar-refractivity contribution in [3.05, 3.63) is 23.3 Å². The van der Waals surface area contributed by atoms with Crippen molar-refractivity contribution >= 4 is 0 Å². The maximum Gasteiger partial charge on any atom is 0.122 e. The van der Waals surface area contributed by atoms with Crippen LogP contribution >= 0.6 is 0 Å². The molecule has 0 aromatic heterocycles. The quantitative estimate of drug-likeness (QED) is 0.774. The fourth-order valence-electron chi connectivity index (χ4n) is 1.40. The third-order valence-electron chi connectivity index (χ3n) is 2.24. The zero-order valence-corrected chi connectivity index (χ0v) is 8.42. The lowest BCUT2D eigenvalue weighted by Crippen LogP contribution is -1.93. The van der Waals surface area contributed by atoms with Crippen molar-refractivity contribution in [1.82, 2.24) is 0 Å². The zero-order valence-electron chi connectivity index (χ0n) is 8.42. The van der Waals surface area contributed by atoms with E-state index in [9.17, 15) is 5.11 Å². The SMILES string of the molecule is CCc1cc(OC)c(CC)cc1O. The second-order valence-electron chi connectivity index (χ2n) is 3.00. The molecule has 0 atom stereocenters. The molecule has 0 fully saturated rings. The van der Waals surface area contributed by atoms with Gasteiger partial charge in [0.05, 0.1) is 7.11 Å². The summed E-state index contributed by atoms with van der Waals surface area (Å²) in [6, 6.07) is 3.70. The minimum atomic E-state index is 0.375. The maximum absolute atomic E-state index is 9.59. The standard InChI is InChI=1S/C11H16O2/c1-4-8-7-11(13-3)9(5-2)6-10(8)12/h6-7,12H,4-5H2,1-3H3. The minimum Gasteiger partial charge on any atom is -0.508 e. The smallest absolute Gasteiger partial charge is 0.122 e. The second kappa shape index (κ2) is 4.17. The van der Waals surface area contributed by atoms with Crippen LogP contribution in [-0.4, -0.2) is 12.2 Å². The molecule has 72 valence electrons. The topological polar surface area (TPSA) is 29.5 Å². The Balaban J connectivity index is 3.18. The molecule has 1 N–H and O–H groups in total. The van der Waals surface area contributed by atoms with Gasteiger partial charge in [0.25, 0.3) is 0 Å². The van der Waals surface area contributed by atoms with Crippen LogP contribution in [0.1, 0.15) is 25.0 Å². The Hall–Kier alpha value is -1.18. The first-order chi connectivity index (χ1) is 6.22. The molecule has 0 amide bonds. The third kappa shape index (κ3) is 1.94. The first-order valence-electron chi connectivity index (χ1n) is 4.61. The fourth-order valence-corrected chi connectivity index (χ4v) is 1.40. The summed E-state index contributed by atoms with van der Waals surface area (Å²) in [7, 11) is 1.66. The molecule has 0 aliphatic heterocycles. The molecule has 0 unspecified atom stereocenters. The van der Waals surface area contributed by atoms with Gasteiger partial charge < -0.3 is 9.84 Å². The lowest BCUT2D eigenvalue weighted by atomic mass is 10.1. The van der Waals surface area contributed by atoms with E-state index >= 15 is 0 Å². The van der Waals surface area contributed by atoms with E-state index in [-0.39, 0.29) is 0 Å². The molecule has 0 aliphatic carbocycles. The highest BCUT2D eigenvalue weighted by molar-refractivity contribution is 5.45. The normalized spacial score (nSPS) is 10.1. The fraction of sp³-hybridized carbons (Fsp3) is 0.455. The van der Waals surface area contributed by atoms with E-state index in [1.807, 2.05) is 19.9 Å². The van der Waals surface area contributed by atoms with Crippen molar-refractivity contribution in [3.63, 3.8) is 0 Å². The van der Waals surface area contributed by atoms with Gasteiger partial charge in [-0.2, -0.15) is 0 Å². The van der Waals surface area contributed by atoms with Gasteiger partial charge in [0.15, 0.2) is 0 Å². The van der Waals surface area contributed by atoms with Gasteiger partial charge in [-0.1, -0.05) is 13.8 Å². The first kappa shape index (κ1) is 9.90. The van der Waals surface area contributed by atoms with E-state index in [0.29, 0.717) is 5.75 Å². The van der Waals surface area contributed by atoms with Crippen LogP contribution < -0.4 is 4.74 Å². The minimum absolute atomic E-state index is 0.375. The Bertz CT molecular complexity index is 292. The molecule has 0 bridgehead atoms. The van der Waals surface area contributed by atoms with E-state index in [4.69, 9.17) is 4.74 Å². The summed E-state index contributed by atoms with van der Waals surface area (Å²) in [6.07, 6.45) is 1.70. The predicted molar refractivity (Wildman–Crippen MR) is 53.4 cm³/mol. The summed E-state index contributed by atoms with van der Waals surface area (Å²) in [4.78, 5) is 0. The lowest BCUT2D eigenvalue weighted by Gasteiger charge is -2.10. The molecule has 0 spiro atoms. The summed E-state index contributed by atoms with van der Waals surface area (Å²) in [6.45, 7) is 4.06. The molecule has 0 radical (unpaired) electrons. The maximum atomic E-state index is 9.59. The molecule has 1 aromatic carbocycles. The van der Waals surface area contributed by atoms with Crippen LogP contribution in [0.15, 0.2) is 12.1 Å². The van der Waals surface area contributed by atoms with Crippen molar-refractivity contribution in [2.24, 2.45) is 0 Å². The summed E-state index contributed by atoms with van der Waals surface area (Å²) in [5.74, 6) is 1.25. The van der Waals surface area contributed by atoms with Crippen LogP contribution in [0.25, 0.3) is 0 Å². The van der Waals surface area contributed by atoms with Gasteiger partial charge in [-0.25, -0.2) is 0 Å². The number of phenolic OH excluding ortho intramolecular Hbond substituents is 1. The molecule has 13 heavy (non-hydrogen) atoms. The highest BCUT2D eigenvalue weighted by Crippen LogP contribution is 2.28. The summed E-state index contributed by atoms with van der Waals surface area (Å²) in [5, 5.41) is 9.59. The van der Waals surface area contributed by atoms with Gasteiger partial charge in [-0.15, -0.1) is 0 Å². The van der Waals surface area contributed by atoms with Crippen LogP contribution in [0.3, 0.4) is 0 Å². The van der Waals surface area contributed by atoms with Crippen molar-refractivity contribution in [1.29, 1.82) is 0 Å². The van der Waals surface area contributed by atoms with Gasteiger partial charge in [0.1, 0.15) is 11.5 Å². The zero-order chi connectivity index (χ0) is 9.84. The molecule has 2 heteroatoms. The van der Waals surface area contributed by atoms with Crippen molar-refractivity contribution in [2.75, 3.05) is 7.11 Å². The molecule has 0 saturated carbocycles. The lowest BCUT2D eigenvalue weighted by molar-refractivity contribution is 0.406. The van der Waals surface area contributed by atoms with Crippen LogP contribution in [0.2, 0.25) is 0 Å². The number of phenols is 1. The summed E-state index contributed by atoms with van der Waals surface area (Å²) in [5.41, 5.74) is 1.99. The van der Waals surface area contributed by atoms with Crippen LogP contribution in [0.5, 0.6) is 11.5 Å². The molecular weight excluding hydrogens is 164 g/mol. The second-order valence-corrected chi connectivity index (χ2v) is 3.00. The number of rotatable bonds is 3. The highest BCUT2D eigenvalue weighted by Gasteiger charge is 2.06. The van der Waals surface area contributed by atoms with Gasteiger partial charge in [-0.05, 0) is 36.1 Å². The number of hydrogen-bond donors (Lipinski definition) is 1. The molecule has 0 saturated heterocycles. The summed E-state index contributed by atoms with van der Waals surface area (Å²) >= 11 is 0. The molecular formula is C11H16O2. The molecule has 0 heterocycles. The molecule has 1 aromatic rings. The number of benzene rings is 1. The monoisotopic (exact) mass is 180 g/mol. The highest BCUT2D eigenvalue weighted by atomic mass is 16.5. The van der Waals surface area contributed by atoms with Gasteiger partial charge >= 0.3 is 0 Å². The Labute approximate surface area is 79.2 Å². The summed E-state index contributed by atoms with van der Waals surface area (Å²) < 4.78 is 5.22. The van der Waals surface area contributed by atoms with Crippen molar-refractivity contribution < 1.29 is 9.84 Å². The predicted octanol–water partition coefficient (Wildman–Crippen LogP) is 2.53. The van der Waals surface area contributed by atoms with E-state index < -0.39 is 0 Å². The van der Waals surface area contributed by atoms with Gasteiger partial charge in [0, 0.05) is 0 Å². The number of aromatic hydroxyl groups is 1. The Morgan fingerprint density at radius 1 is 1.15 bits per heavy atom. The Morgan fingerprint density at radius 2 is 1.77 bits per heavy atom. The van der Waals surface area contributed by atoms with Crippen molar-refractivity contribution in [3.8, 4) is 11.5 Å². The molecule has 2 nitrogen and oxygen atoms in total. The number of methoxy groups -OCH3 is 1. The number of hydrogen-bond acceptors (Lipinski definition) is 2. The largest absolute Gasteiger partial charge is 0.508 e. The average Bonchev–Trinajstić information content (AvgIpc) is 2.17. The Morgan fingerprint density at radius 3 is 2.23 bits per heavy atom. The van der Waals surface area contributed by atoms with Crippen LogP contribution in [0, 0.1) is 0 Å². The van der Waals surface area contributed by atoms with E-state index in [2.05, 4.69) is 0 Å². The van der Waals surface area contributed by atoms with E-state index in [1.165, 1.54) is 0 Å². The number of ether oxygens (including phenoxy) is 1. The average molecular weight is 180 g/mol. The van der Waals surface area contributed by atoms with Crippen LogP contribution in [0.4, 0.5) is 0 Å². The molecule has 0 aliphatic rings. The molecule has 1 rings (SSSR count). The van der Waals surface area contributed by atoms with Gasteiger partial charge in [-0.3, -0.25) is 0 Å². The van der Waals surface area contributed by atoms with E-state index in [1.54, 1.807) is 13.2 Å². The Kier molecular flexibility index (Phi) is 3.18. The van der Waals surface area contributed by atoms with Crippen molar-refractivity contribution in [2.45, 2.75) is 26.7 Å². The first-order valence-corrected chi connectivity index (χ1v) is 4.61. The third-order valence-corrected chi connectivity index (χ3v) is 2.24. The van der Waals surface area contributed by atoms with Crippen LogP contribution in [-0.2, 0) is 12.8 Å². The van der Waals surface area contributed by atoms with Gasteiger partial charge in [0.2, 0.25) is 0 Å².